The first kappa shape index (κ1) is 15.4. The molecule has 2 amide bonds. The molecule has 3 N–H and O–H groups in total. The Labute approximate surface area is 113 Å². The number of hydrogen-bond donors (Lipinski definition) is 3. The zero-order valence-corrected chi connectivity index (χ0v) is 10.5. The molecule has 8 heteroatoms. The van der Waals surface area contributed by atoms with Crippen molar-refractivity contribution in [1.29, 1.82) is 0 Å². The number of carboxylic acids is 2. The van der Waals surface area contributed by atoms with Crippen molar-refractivity contribution in [2.24, 2.45) is 0 Å². The second kappa shape index (κ2) is 6.50. The lowest BCUT2D eigenvalue weighted by Gasteiger charge is -2.20. The topological polar surface area (TPSA) is 107 Å². The minimum absolute atomic E-state index is 0.336. The highest BCUT2D eigenvalue weighted by Crippen LogP contribution is 2.13. The number of aliphatic carboxylic acids is 2. The summed E-state index contributed by atoms with van der Waals surface area (Å²) in [6.45, 7) is 0. The molecule has 0 bridgehead atoms. The lowest BCUT2D eigenvalue weighted by molar-refractivity contribution is -0.145. The smallest absolute Gasteiger partial charge is 0.326 e. The van der Waals surface area contributed by atoms with Crippen molar-refractivity contribution < 1.29 is 29.0 Å². The number of urea groups is 1. The quantitative estimate of drug-likeness (QED) is 0.744. The molecular formula is C12H13FN2O5. The van der Waals surface area contributed by atoms with Crippen LogP contribution in [0.2, 0.25) is 0 Å². The van der Waals surface area contributed by atoms with Crippen LogP contribution in [0.1, 0.15) is 6.42 Å². The van der Waals surface area contributed by atoms with Gasteiger partial charge in [0.05, 0.1) is 6.42 Å². The minimum atomic E-state index is -1.54. The molecule has 0 radical (unpaired) electrons. The van der Waals surface area contributed by atoms with E-state index < -0.39 is 36.2 Å². The van der Waals surface area contributed by atoms with E-state index in [4.69, 9.17) is 10.2 Å². The number of anilines is 1. The molecule has 0 saturated carbocycles. The number of amides is 2. The van der Waals surface area contributed by atoms with Crippen LogP contribution in [-0.2, 0) is 9.59 Å². The van der Waals surface area contributed by atoms with Crippen LogP contribution in [0.15, 0.2) is 24.3 Å². The fraction of sp³-hybridized carbons (Fsp3) is 0.250. The van der Waals surface area contributed by atoms with Crippen LogP contribution in [0, 0.1) is 5.82 Å². The first-order valence-electron chi connectivity index (χ1n) is 5.55. The van der Waals surface area contributed by atoms with Crippen molar-refractivity contribution >= 4 is 23.7 Å². The molecule has 0 heterocycles. The van der Waals surface area contributed by atoms with Gasteiger partial charge in [-0.2, -0.15) is 0 Å². The number of nitrogens with zero attached hydrogens (tertiary/aromatic N) is 1. The van der Waals surface area contributed by atoms with Gasteiger partial charge < -0.3 is 15.5 Å². The monoisotopic (exact) mass is 284 g/mol. The fourth-order valence-corrected chi connectivity index (χ4v) is 1.40. The second-order valence-electron chi connectivity index (χ2n) is 3.97. The number of benzene rings is 1. The summed E-state index contributed by atoms with van der Waals surface area (Å²) in [5, 5.41) is 19.4. The highest BCUT2D eigenvalue weighted by molar-refractivity contribution is 5.94. The van der Waals surface area contributed by atoms with E-state index in [-0.39, 0.29) is 0 Å². The van der Waals surface area contributed by atoms with Crippen molar-refractivity contribution in [3.05, 3.63) is 30.1 Å². The van der Waals surface area contributed by atoms with Crippen LogP contribution in [0.5, 0.6) is 0 Å². The Morgan fingerprint density at radius 3 is 2.25 bits per heavy atom. The van der Waals surface area contributed by atoms with Gasteiger partial charge in [0.15, 0.2) is 0 Å². The maximum atomic E-state index is 12.7. The molecule has 1 rings (SSSR count). The summed E-state index contributed by atoms with van der Waals surface area (Å²) >= 11 is 0. The average molecular weight is 284 g/mol. The normalized spacial score (nSPS) is 11.5. The van der Waals surface area contributed by atoms with Gasteiger partial charge in [-0.25, -0.2) is 14.0 Å². The first-order chi connectivity index (χ1) is 9.31. The average Bonchev–Trinajstić information content (AvgIpc) is 2.37. The molecule has 0 fully saturated rings. The molecule has 0 saturated heterocycles. The minimum Gasteiger partial charge on any atom is -0.481 e. The Bertz CT molecular complexity index is 517. The molecule has 0 aliphatic rings. The standard InChI is InChI=1S/C12H13FN2O5/c1-15(8-4-2-7(13)3-5-8)12(20)14-9(11(18)19)6-10(16)17/h2-5,9H,6H2,1H3,(H,14,20)(H,16,17)(H,18,19)/t9-/m0/s1. The van der Waals surface area contributed by atoms with Crippen LogP contribution in [-0.4, -0.2) is 41.3 Å². The van der Waals surface area contributed by atoms with Crippen LogP contribution in [0.3, 0.4) is 0 Å². The summed E-state index contributed by atoms with van der Waals surface area (Å²) in [5.74, 6) is -3.27. The van der Waals surface area contributed by atoms with Crippen molar-refractivity contribution in [2.45, 2.75) is 12.5 Å². The number of rotatable bonds is 5. The molecular weight excluding hydrogens is 271 g/mol. The van der Waals surface area contributed by atoms with E-state index in [1.54, 1.807) is 0 Å². The van der Waals surface area contributed by atoms with Gasteiger partial charge in [-0.1, -0.05) is 0 Å². The van der Waals surface area contributed by atoms with E-state index in [1.807, 2.05) is 0 Å². The molecule has 1 aromatic rings. The van der Waals surface area contributed by atoms with Crippen molar-refractivity contribution in [2.75, 3.05) is 11.9 Å². The number of hydrogen-bond acceptors (Lipinski definition) is 3. The Morgan fingerprint density at radius 1 is 1.25 bits per heavy atom. The Kier molecular flexibility index (Phi) is 5.01. The highest BCUT2D eigenvalue weighted by atomic mass is 19.1. The molecule has 0 aliphatic heterocycles. The van der Waals surface area contributed by atoms with Gasteiger partial charge in [0.25, 0.3) is 0 Å². The summed E-state index contributed by atoms with van der Waals surface area (Å²) in [5.41, 5.74) is 0.336. The molecule has 1 atom stereocenters. The summed E-state index contributed by atoms with van der Waals surface area (Å²) in [7, 11) is 1.35. The number of carboxylic acid groups (broad SMARTS) is 2. The van der Waals surface area contributed by atoms with Gasteiger partial charge in [0, 0.05) is 12.7 Å². The summed E-state index contributed by atoms with van der Waals surface area (Å²) in [6.07, 6.45) is -0.738. The molecule has 0 aromatic heterocycles. The van der Waals surface area contributed by atoms with E-state index in [1.165, 1.54) is 19.2 Å². The van der Waals surface area contributed by atoms with Crippen LogP contribution in [0.25, 0.3) is 0 Å². The van der Waals surface area contributed by atoms with Gasteiger partial charge >= 0.3 is 18.0 Å². The van der Waals surface area contributed by atoms with E-state index in [0.29, 0.717) is 5.69 Å². The van der Waals surface area contributed by atoms with Gasteiger partial charge in [-0.05, 0) is 24.3 Å². The highest BCUT2D eigenvalue weighted by Gasteiger charge is 2.24. The number of nitrogens with one attached hydrogen (secondary N) is 1. The first-order valence-corrected chi connectivity index (χ1v) is 5.55. The molecule has 108 valence electrons. The number of carbonyl (C=O) groups excluding carboxylic acids is 1. The summed E-state index contributed by atoms with van der Waals surface area (Å²) in [4.78, 5) is 34.2. The second-order valence-corrected chi connectivity index (χ2v) is 3.97. The fourth-order valence-electron chi connectivity index (χ4n) is 1.40. The van der Waals surface area contributed by atoms with Gasteiger partial charge in [0.1, 0.15) is 11.9 Å². The molecule has 20 heavy (non-hydrogen) atoms. The maximum Gasteiger partial charge on any atom is 0.326 e. The Hall–Kier alpha value is -2.64. The van der Waals surface area contributed by atoms with Crippen LogP contribution in [0.4, 0.5) is 14.9 Å². The van der Waals surface area contributed by atoms with Crippen LogP contribution < -0.4 is 10.2 Å². The lowest BCUT2D eigenvalue weighted by Crippen LogP contribution is -2.47. The van der Waals surface area contributed by atoms with E-state index >= 15 is 0 Å². The predicted octanol–water partition coefficient (Wildman–Crippen LogP) is 0.899. The Morgan fingerprint density at radius 2 is 1.80 bits per heavy atom. The third-order valence-corrected chi connectivity index (χ3v) is 2.49. The maximum absolute atomic E-state index is 12.7. The molecule has 1 aromatic carbocycles. The molecule has 0 unspecified atom stereocenters. The number of carbonyl (C=O) groups is 3. The zero-order chi connectivity index (χ0) is 15.3. The van der Waals surface area contributed by atoms with E-state index in [0.717, 1.165) is 17.0 Å². The van der Waals surface area contributed by atoms with Crippen LogP contribution >= 0.6 is 0 Å². The largest absolute Gasteiger partial charge is 0.481 e. The van der Waals surface area contributed by atoms with Gasteiger partial charge in [-0.3, -0.25) is 9.69 Å². The third kappa shape index (κ3) is 4.23. The van der Waals surface area contributed by atoms with Gasteiger partial charge in [-0.15, -0.1) is 0 Å². The van der Waals surface area contributed by atoms with Crippen molar-refractivity contribution in [3.63, 3.8) is 0 Å². The van der Waals surface area contributed by atoms with Crippen molar-refractivity contribution in [1.82, 2.24) is 5.32 Å². The van der Waals surface area contributed by atoms with E-state index in [9.17, 15) is 18.8 Å². The number of halogens is 1. The SMILES string of the molecule is CN(C(=O)N[C@@H](CC(=O)O)C(=O)O)c1ccc(F)cc1. The summed E-state index contributed by atoms with van der Waals surface area (Å²) < 4.78 is 12.7. The Balaban J connectivity index is 2.75. The summed E-state index contributed by atoms with van der Waals surface area (Å²) in [6, 6.07) is 2.62. The molecule has 0 spiro atoms. The predicted molar refractivity (Wildman–Crippen MR) is 67.0 cm³/mol. The zero-order valence-electron chi connectivity index (χ0n) is 10.5. The lowest BCUT2D eigenvalue weighted by atomic mass is 10.2. The molecule has 7 nitrogen and oxygen atoms in total. The van der Waals surface area contributed by atoms with Crippen molar-refractivity contribution in [3.8, 4) is 0 Å². The third-order valence-electron chi connectivity index (χ3n) is 2.49. The molecule has 0 aliphatic carbocycles. The van der Waals surface area contributed by atoms with E-state index in [2.05, 4.69) is 5.32 Å². The van der Waals surface area contributed by atoms with Gasteiger partial charge in [0.2, 0.25) is 0 Å².